The van der Waals surface area contributed by atoms with E-state index >= 15 is 0 Å². The molecule has 136 valence electrons. The molecule has 0 unspecified atom stereocenters. The van der Waals surface area contributed by atoms with Crippen LogP contribution in [0.5, 0.6) is 0 Å². The van der Waals surface area contributed by atoms with Gasteiger partial charge >= 0.3 is 17.1 Å². The number of hydrogen-bond donors (Lipinski definition) is 0. The van der Waals surface area contributed by atoms with E-state index in [1.165, 1.54) is 5.57 Å². The van der Waals surface area contributed by atoms with Crippen molar-refractivity contribution in [1.29, 1.82) is 0 Å². The van der Waals surface area contributed by atoms with Crippen LogP contribution in [-0.2, 0) is 21.9 Å². The normalized spacial score (nSPS) is 15.2. The van der Waals surface area contributed by atoms with Crippen molar-refractivity contribution in [2.24, 2.45) is 5.41 Å². The smallest absolute Gasteiger partial charge is 0.366 e. The van der Waals surface area contributed by atoms with Crippen molar-refractivity contribution in [1.82, 2.24) is 0 Å². The molecule has 0 atom stereocenters. The number of ketones is 1. The average Bonchev–Trinajstić information content (AvgIpc) is 3.26. The number of rotatable bonds is 4. The summed E-state index contributed by atoms with van der Waals surface area (Å²) >= 11 is 0. The van der Waals surface area contributed by atoms with E-state index in [4.69, 9.17) is 0 Å². The third-order valence-electron chi connectivity index (χ3n) is 3.67. The summed E-state index contributed by atoms with van der Waals surface area (Å²) in [6.07, 6.45) is 20.8. The van der Waals surface area contributed by atoms with Gasteiger partial charge in [0, 0.05) is 0 Å². The Morgan fingerprint density at radius 2 is 1.69 bits per heavy atom. The van der Waals surface area contributed by atoms with E-state index in [1.807, 2.05) is 48.6 Å². The summed E-state index contributed by atoms with van der Waals surface area (Å²) in [4.78, 5) is 11.6. The topological polar surface area (TPSA) is 17.1 Å². The second-order valence-electron chi connectivity index (χ2n) is 7.35. The summed E-state index contributed by atoms with van der Waals surface area (Å²) in [5.41, 5.74) is 3.50. The minimum atomic E-state index is 0. The van der Waals surface area contributed by atoms with Crippen LogP contribution in [0, 0.1) is 17.6 Å². The van der Waals surface area contributed by atoms with Crippen molar-refractivity contribution < 1.29 is 21.9 Å². The number of carbonyl (C=O) groups excluding carboxylic acids is 1. The molecule has 0 radical (unpaired) electrons. The average molecular weight is 386 g/mol. The molecule has 0 aromatic heterocycles. The van der Waals surface area contributed by atoms with E-state index in [-0.39, 0.29) is 22.9 Å². The van der Waals surface area contributed by atoms with Gasteiger partial charge in [-0.2, -0.15) is 23.8 Å². The van der Waals surface area contributed by atoms with Gasteiger partial charge in [-0.3, -0.25) is 6.08 Å². The Morgan fingerprint density at radius 1 is 1.04 bits per heavy atom. The standard InChI is InChI=1S/C14H11O.C10H15.Fe/c15-14(13-8-4-5-9-13)11-10-12-6-2-1-3-7-12;1-10(2,3)8-9-6-4-5-7-9;/h1-4,6-8,10-11H,5H2;4,6H,5,8H2,1-3H3;/q2*-1;+2. The van der Waals surface area contributed by atoms with Crippen LogP contribution in [0.3, 0.4) is 0 Å². The molecule has 1 aromatic rings. The minimum Gasteiger partial charge on any atom is -0.366 e. The quantitative estimate of drug-likeness (QED) is 0.349. The Labute approximate surface area is 168 Å². The van der Waals surface area contributed by atoms with Crippen molar-refractivity contribution in [3.63, 3.8) is 0 Å². The first-order chi connectivity index (χ1) is 11.9. The third kappa shape index (κ3) is 8.47. The van der Waals surface area contributed by atoms with Crippen molar-refractivity contribution in [2.75, 3.05) is 0 Å². The second kappa shape index (κ2) is 11.0. The summed E-state index contributed by atoms with van der Waals surface area (Å²) < 4.78 is 0. The van der Waals surface area contributed by atoms with Crippen LogP contribution in [-0.4, -0.2) is 5.78 Å². The molecule has 0 aliphatic heterocycles. The monoisotopic (exact) mass is 386 g/mol. The van der Waals surface area contributed by atoms with E-state index in [9.17, 15) is 4.79 Å². The maximum absolute atomic E-state index is 11.6. The van der Waals surface area contributed by atoms with Crippen LogP contribution in [0.15, 0.2) is 71.9 Å². The van der Waals surface area contributed by atoms with Crippen molar-refractivity contribution >= 4 is 11.9 Å². The molecule has 0 heterocycles. The molecule has 0 saturated heterocycles. The SMILES string of the molecule is CC(C)(C)CC1=[C-]CC=C1.O=C(C=Cc1ccccc1)C1=[C-]CC=C1.[Fe+2]. The summed E-state index contributed by atoms with van der Waals surface area (Å²) in [6.45, 7) is 6.77. The van der Waals surface area contributed by atoms with Crippen LogP contribution < -0.4 is 0 Å². The molecular formula is C24H26FeO. The van der Waals surface area contributed by atoms with Crippen LogP contribution in [0.1, 0.15) is 45.6 Å². The van der Waals surface area contributed by atoms with Gasteiger partial charge in [0.1, 0.15) is 0 Å². The van der Waals surface area contributed by atoms with Gasteiger partial charge in [0.05, 0.1) is 5.78 Å². The van der Waals surface area contributed by atoms with Crippen LogP contribution in [0.4, 0.5) is 0 Å². The first-order valence-electron chi connectivity index (χ1n) is 8.75. The van der Waals surface area contributed by atoms with Gasteiger partial charge < -0.3 is 4.79 Å². The minimum absolute atomic E-state index is 0. The van der Waals surface area contributed by atoms with E-state index in [1.54, 1.807) is 6.08 Å². The van der Waals surface area contributed by atoms with Crippen molar-refractivity contribution in [2.45, 2.75) is 40.0 Å². The molecule has 0 amide bonds. The molecule has 1 aromatic carbocycles. The number of carbonyl (C=O) groups is 1. The molecular weight excluding hydrogens is 360 g/mol. The van der Waals surface area contributed by atoms with Gasteiger partial charge in [0.25, 0.3) is 0 Å². The van der Waals surface area contributed by atoms with Gasteiger partial charge in [0.2, 0.25) is 0 Å². The maximum atomic E-state index is 11.6. The molecule has 2 aliphatic rings. The second-order valence-corrected chi connectivity index (χ2v) is 7.35. The number of benzene rings is 1. The Balaban J connectivity index is 0.000000270. The molecule has 1 nitrogen and oxygen atoms in total. The van der Waals surface area contributed by atoms with E-state index in [0.717, 1.165) is 24.8 Å². The molecule has 0 N–H and O–H groups in total. The zero-order chi connectivity index (χ0) is 18.1. The molecule has 0 bridgehead atoms. The summed E-state index contributed by atoms with van der Waals surface area (Å²) in [5.74, 6) is 0.0209. The summed E-state index contributed by atoms with van der Waals surface area (Å²) in [5, 5.41) is 0. The van der Waals surface area contributed by atoms with Crippen LogP contribution in [0.25, 0.3) is 6.08 Å². The summed E-state index contributed by atoms with van der Waals surface area (Å²) in [6, 6.07) is 9.78. The molecule has 3 rings (SSSR count). The molecule has 0 fully saturated rings. The fourth-order valence-corrected chi connectivity index (χ4v) is 2.54. The van der Waals surface area contributed by atoms with Crippen molar-refractivity contribution in [3.8, 4) is 0 Å². The van der Waals surface area contributed by atoms with E-state index < -0.39 is 0 Å². The predicted molar refractivity (Wildman–Crippen MR) is 106 cm³/mol. The van der Waals surface area contributed by atoms with Gasteiger partial charge in [-0.15, -0.1) is 12.5 Å². The van der Waals surface area contributed by atoms with Crippen LogP contribution in [0.2, 0.25) is 0 Å². The van der Waals surface area contributed by atoms with Gasteiger partial charge in [-0.1, -0.05) is 76.1 Å². The molecule has 2 heteroatoms. The largest absolute Gasteiger partial charge is 2.00 e. The first kappa shape index (κ1) is 22.2. The van der Waals surface area contributed by atoms with E-state index in [0.29, 0.717) is 11.0 Å². The van der Waals surface area contributed by atoms with Crippen LogP contribution >= 0.6 is 0 Å². The number of allylic oxidation sites excluding steroid dienone is 9. The Kier molecular flexibility index (Phi) is 9.33. The Bertz CT molecular complexity index is 725. The Hall–Kier alpha value is -1.89. The van der Waals surface area contributed by atoms with Crippen molar-refractivity contribution in [3.05, 3.63) is 89.6 Å². The molecule has 2 aliphatic carbocycles. The zero-order valence-electron chi connectivity index (χ0n) is 15.7. The van der Waals surface area contributed by atoms with E-state index in [2.05, 4.69) is 45.1 Å². The molecule has 26 heavy (non-hydrogen) atoms. The predicted octanol–water partition coefficient (Wildman–Crippen LogP) is 6.07. The first-order valence-corrected chi connectivity index (χ1v) is 8.75. The molecule has 0 saturated carbocycles. The van der Waals surface area contributed by atoms with Gasteiger partial charge in [0.15, 0.2) is 0 Å². The fraction of sp³-hybridized carbons (Fsp3) is 0.292. The molecule has 0 spiro atoms. The Morgan fingerprint density at radius 3 is 2.23 bits per heavy atom. The number of hydrogen-bond acceptors (Lipinski definition) is 1. The summed E-state index contributed by atoms with van der Waals surface area (Å²) in [7, 11) is 0. The fourth-order valence-electron chi connectivity index (χ4n) is 2.54. The zero-order valence-corrected chi connectivity index (χ0v) is 16.8. The van der Waals surface area contributed by atoms with Gasteiger partial charge in [-0.05, 0) is 11.0 Å². The maximum Gasteiger partial charge on any atom is 2.00 e. The van der Waals surface area contributed by atoms with Gasteiger partial charge in [-0.25, -0.2) is 11.6 Å². The third-order valence-corrected chi connectivity index (χ3v) is 3.67.